The summed E-state index contributed by atoms with van der Waals surface area (Å²) >= 11 is 0. The molecule has 2 heterocycles. The lowest BCUT2D eigenvalue weighted by atomic mass is 9.95. The number of nitrogens with zero attached hydrogens (tertiary/aromatic N) is 5. The van der Waals surface area contributed by atoms with Crippen molar-refractivity contribution in [3.63, 3.8) is 0 Å². The SMILES string of the molecule is N#Cc1ccc(-c2ccc(C#N)c(C#N)c2-n2c3ccccc3c3ccccc32)cc1-n1c2ccccc2c2ccccc21. The van der Waals surface area contributed by atoms with Gasteiger partial charge >= 0.3 is 0 Å². The van der Waals surface area contributed by atoms with Crippen LogP contribution < -0.4 is 0 Å². The van der Waals surface area contributed by atoms with E-state index in [2.05, 4.69) is 63.7 Å². The summed E-state index contributed by atoms with van der Waals surface area (Å²) in [4.78, 5) is 0. The van der Waals surface area contributed by atoms with Crippen LogP contribution in [0.25, 0.3) is 66.1 Å². The van der Waals surface area contributed by atoms with Crippen LogP contribution in [0, 0.1) is 34.0 Å². The maximum Gasteiger partial charge on any atom is 0.103 e. The van der Waals surface area contributed by atoms with Crippen molar-refractivity contribution in [2.75, 3.05) is 0 Å². The fraction of sp³-hybridized carbons (Fsp3) is 0. The normalized spacial score (nSPS) is 11.1. The maximum absolute atomic E-state index is 10.5. The lowest BCUT2D eigenvalue weighted by Crippen LogP contribution is -2.04. The number of hydrogen-bond acceptors (Lipinski definition) is 3. The van der Waals surface area contributed by atoms with E-state index in [9.17, 15) is 15.8 Å². The summed E-state index contributed by atoms with van der Waals surface area (Å²) in [6.07, 6.45) is 0. The van der Waals surface area contributed by atoms with E-state index in [-0.39, 0.29) is 0 Å². The number of nitriles is 3. The number of aromatic nitrogens is 2. The van der Waals surface area contributed by atoms with Gasteiger partial charge in [-0.3, -0.25) is 0 Å². The van der Waals surface area contributed by atoms with Crippen LogP contribution in [0.4, 0.5) is 0 Å². The molecule has 0 unspecified atom stereocenters. The monoisotopic (exact) mass is 559 g/mol. The Morgan fingerprint density at radius 1 is 0.432 bits per heavy atom. The molecule has 202 valence electrons. The predicted molar refractivity (Wildman–Crippen MR) is 175 cm³/mol. The molecule has 0 spiro atoms. The van der Waals surface area contributed by atoms with Crippen molar-refractivity contribution in [3.05, 3.63) is 144 Å². The zero-order chi connectivity index (χ0) is 29.8. The molecule has 0 N–H and O–H groups in total. The Labute approximate surface area is 252 Å². The predicted octanol–water partition coefficient (Wildman–Crippen LogP) is 9.16. The molecule has 0 saturated carbocycles. The minimum absolute atomic E-state index is 0.305. The lowest BCUT2D eigenvalue weighted by Gasteiger charge is -2.18. The molecule has 0 aliphatic rings. The zero-order valence-corrected chi connectivity index (χ0v) is 23.4. The minimum Gasteiger partial charge on any atom is -0.308 e. The molecule has 0 atom stereocenters. The second kappa shape index (κ2) is 9.74. The molecule has 2 aromatic heterocycles. The van der Waals surface area contributed by atoms with Gasteiger partial charge in [-0.15, -0.1) is 0 Å². The molecule has 0 aliphatic heterocycles. The highest BCUT2D eigenvalue weighted by molar-refractivity contribution is 6.11. The van der Waals surface area contributed by atoms with Gasteiger partial charge in [0.2, 0.25) is 0 Å². The third-order valence-corrected chi connectivity index (χ3v) is 8.46. The quantitative estimate of drug-likeness (QED) is 0.216. The van der Waals surface area contributed by atoms with Crippen LogP contribution in [-0.4, -0.2) is 9.13 Å². The molecule has 6 aromatic carbocycles. The molecular weight excluding hydrogens is 538 g/mol. The average Bonchev–Trinajstić information content (AvgIpc) is 3.60. The Morgan fingerprint density at radius 2 is 0.886 bits per heavy atom. The summed E-state index contributed by atoms with van der Waals surface area (Å²) in [5.41, 5.74) is 8.05. The standard InChI is InChI=1S/C39H21N5/c40-22-26-19-20-28(39(33(26)24-42)44-36-15-7-3-11-31(36)32-12-4-8-16-37(32)44)25-17-18-27(23-41)38(21-25)43-34-13-5-1-9-29(34)30-10-2-6-14-35(30)43/h1-21H. The first kappa shape index (κ1) is 25.1. The second-order valence-electron chi connectivity index (χ2n) is 10.7. The molecule has 0 aliphatic carbocycles. The van der Waals surface area contributed by atoms with Crippen molar-refractivity contribution in [2.45, 2.75) is 0 Å². The molecule has 0 radical (unpaired) electrons. The average molecular weight is 560 g/mol. The van der Waals surface area contributed by atoms with Gasteiger partial charge in [-0.2, -0.15) is 15.8 Å². The van der Waals surface area contributed by atoms with Crippen LogP contribution in [0.1, 0.15) is 16.7 Å². The Kier molecular flexibility index (Phi) is 5.56. The molecule has 0 fully saturated rings. The summed E-state index contributed by atoms with van der Waals surface area (Å²) in [5.74, 6) is 0. The highest BCUT2D eigenvalue weighted by atomic mass is 15.0. The van der Waals surface area contributed by atoms with E-state index in [1.807, 2.05) is 84.9 Å². The first-order valence-electron chi connectivity index (χ1n) is 14.2. The van der Waals surface area contributed by atoms with Crippen molar-refractivity contribution in [1.29, 1.82) is 15.8 Å². The van der Waals surface area contributed by atoms with Crippen LogP contribution >= 0.6 is 0 Å². The first-order valence-corrected chi connectivity index (χ1v) is 14.2. The minimum atomic E-state index is 0.305. The fourth-order valence-corrected chi connectivity index (χ4v) is 6.59. The Hall–Kier alpha value is -6.61. The van der Waals surface area contributed by atoms with Crippen LogP contribution in [0.3, 0.4) is 0 Å². The van der Waals surface area contributed by atoms with Gasteiger partial charge in [0.1, 0.15) is 18.2 Å². The Balaban J connectivity index is 1.49. The largest absolute Gasteiger partial charge is 0.308 e. The van der Waals surface area contributed by atoms with Crippen LogP contribution in [0.5, 0.6) is 0 Å². The van der Waals surface area contributed by atoms with Crippen LogP contribution in [0.2, 0.25) is 0 Å². The number of hydrogen-bond donors (Lipinski definition) is 0. The van der Waals surface area contributed by atoms with E-state index in [0.717, 1.165) is 60.4 Å². The van der Waals surface area contributed by atoms with Crippen molar-refractivity contribution < 1.29 is 0 Å². The van der Waals surface area contributed by atoms with Gasteiger partial charge in [-0.1, -0.05) is 84.9 Å². The number of fused-ring (bicyclic) bond motifs is 6. The van der Waals surface area contributed by atoms with E-state index < -0.39 is 0 Å². The van der Waals surface area contributed by atoms with Gasteiger partial charge < -0.3 is 9.13 Å². The molecule has 44 heavy (non-hydrogen) atoms. The van der Waals surface area contributed by atoms with Gasteiger partial charge in [-0.25, -0.2) is 0 Å². The molecule has 8 rings (SSSR count). The zero-order valence-electron chi connectivity index (χ0n) is 23.4. The highest BCUT2D eigenvalue weighted by Gasteiger charge is 2.22. The molecule has 0 saturated heterocycles. The van der Waals surface area contributed by atoms with Gasteiger partial charge in [0.05, 0.1) is 50.1 Å². The Morgan fingerprint density at radius 3 is 1.36 bits per heavy atom. The van der Waals surface area contributed by atoms with Gasteiger partial charge in [0.25, 0.3) is 0 Å². The van der Waals surface area contributed by atoms with E-state index in [4.69, 9.17) is 0 Å². The summed E-state index contributed by atoms with van der Waals surface area (Å²) in [6, 6.07) is 49.1. The van der Waals surface area contributed by atoms with Crippen molar-refractivity contribution in [2.24, 2.45) is 0 Å². The smallest absolute Gasteiger partial charge is 0.103 e. The Bertz CT molecular complexity index is 2490. The van der Waals surface area contributed by atoms with Gasteiger partial charge in [0, 0.05) is 27.1 Å². The third-order valence-electron chi connectivity index (χ3n) is 8.46. The van der Waals surface area contributed by atoms with Crippen LogP contribution in [0.15, 0.2) is 127 Å². The van der Waals surface area contributed by atoms with E-state index in [1.165, 1.54) is 0 Å². The van der Waals surface area contributed by atoms with E-state index in [1.54, 1.807) is 6.07 Å². The van der Waals surface area contributed by atoms with E-state index in [0.29, 0.717) is 22.4 Å². The van der Waals surface area contributed by atoms with Crippen molar-refractivity contribution in [3.8, 4) is 40.7 Å². The number of rotatable bonds is 3. The molecule has 0 bridgehead atoms. The summed E-state index contributed by atoms with van der Waals surface area (Å²) in [7, 11) is 0. The van der Waals surface area contributed by atoms with Gasteiger partial charge in [-0.05, 0) is 48.0 Å². The second-order valence-corrected chi connectivity index (χ2v) is 10.7. The first-order chi connectivity index (χ1) is 21.7. The molecule has 0 amide bonds. The van der Waals surface area contributed by atoms with E-state index >= 15 is 0 Å². The highest BCUT2D eigenvalue weighted by Crippen LogP contribution is 2.40. The maximum atomic E-state index is 10.5. The summed E-state index contributed by atoms with van der Waals surface area (Å²) in [6.45, 7) is 0. The molecule has 5 nitrogen and oxygen atoms in total. The lowest BCUT2D eigenvalue weighted by molar-refractivity contribution is 1.15. The third kappa shape index (κ3) is 3.50. The molecule has 8 aromatic rings. The number of para-hydroxylation sites is 4. The fourth-order valence-electron chi connectivity index (χ4n) is 6.59. The number of benzene rings is 6. The summed E-state index contributed by atoms with van der Waals surface area (Å²) in [5, 5.41) is 35.2. The topological polar surface area (TPSA) is 81.2 Å². The summed E-state index contributed by atoms with van der Waals surface area (Å²) < 4.78 is 4.24. The van der Waals surface area contributed by atoms with Gasteiger partial charge in [0.15, 0.2) is 0 Å². The van der Waals surface area contributed by atoms with Crippen molar-refractivity contribution in [1.82, 2.24) is 9.13 Å². The van der Waals surface area contributed by atoms with Crippen molar-refractivity contribution >= 4 is 43.6 Å². The molecular formula is C39H21N5. The van der Waals surface area contributed by atoms with Crippen LogP contribution in [-0.2, 0) is 0 Å². The molecule has 5 heteroatoms.